The van der Waals surface area contributed by atoms with Gasteiger partial charge >= 0.3 is 6.01 Å². The molecule has 168 valence electrons. The first-order chi connectivity index (χ1) is 15.8. The lowest BCUT2D eigenvalue weighted by Gasteiger charge is -2.19. The van der Waals surface area contributed by atoms with E-state index >= 15 is 0 Å². The van der Waals surface area contributed by atoms with E-state index in [1.165, 1.54) is 0 Å². The van der Waals surface area contributed by atoms with Crippen molar-refractivity contribution in [1.29, 1.82) is 5.41 Å². The second-order valence-corrected chi connectivity index (χ2v) is 7.68. The molecule has 1 aliphatic heterocycles. The summed E-state index contributed by atoms with van der Waals surface area (Å²) in [5.41, 5.74) is 11.8. The third-order valence-corrected chi connectivity index (χ3v) is 5.24. The van der Waals surface area contributed by atoms with Crippen LogP contribution >= 0.6 is 0 Å². The van der Waals surface area contributed by atoms with Crippen molar-refractivity contribution >= 4 is 17.1 Å². The molecule has 9 nitrogen and oxygen atoms in total. The van der Waals surface area contributed by atoms with E-state index in [0.29, 0.717) is 28.5 Å². The number of hydrogen-bond acceptors (Lipinski definition) is 8. The first kappa shape index (κ1) is 21.9. The molecule has 0 radical (unpaired) electrons. The molecule has 0 bridgehead atoms. The second-order valence-electron chi connectivity index (χ2n) is 7.68. The highest BCUT2D eigenvalue weighted by atomic mass is 16.5. The minimum atomic E-state index is 0.251. The van der Waals surface area contributed by atoms with Crippen LogP contribution in [0.25, 0.3) is 11.3 Å². The molecule has 0 aliphatic carbocycles. The molecule has 0 spiro atoms. The minimum absolute atomic E-state index is 0.251. The van der Waals surface area contributed by atoms with Crippen LogP contribution in [0.4, 0.5) is 0 Å². The van der Waals surface area contributed by atoms with Gasteiger partial charge in [0.05, 0.1) is 30.3 Å². The molecule has 3 N–H and O–H groups in total. The van der Waals surface area contributed by atoms with E-state index < -0.39 is 0 Å². The molecule has 0 unspecified atom stereocenters. The summed E-state index contributed by atoms with van der Waals surface area (Å²) in [5.74, 6) is 1.43. The Bertz CT molecular complexity index is 1290. The number of hydrogen-bond donors (Lipinski definition) is 2. The molecule has 0 fully saturated rings. The average molecular weight is 444 g/mol. The summed E-state index contributed by atoms with van der Waals surface area (Å²) in [6.45, 7) is 5.54. The number of nitrogens with two attached hydrogens (primary N) is 1. The van der Waals surface area contributed by atoms with E-state index in [1.807, 2.05) is 33.0 Å². The van der Waals surface area contributed by atoms with E-state index in [0.717, 1.165) is 28.2 Å². The molecule has 9 heteroatoms. The monoisotopic (exact) mass is 443 g/mol. The summed E-state index contributed by atoms with van der Waals surface area (Å²) in [5, 5.41) is 8.70. The van der Waals surface area contributed by atoms with E-state index in [2.05, 4.69) is 19.9 Å². The van der Waals surface area contributed by atoms with Gasteiger partial charge in [0.15, 0.2) is 0 Å². The van der Waals surface area contributed by atoms with Crippen molar-refractivity contribution in [2.45, 2.75) is 20.8 Å². The summed E-state index contributed by atoms with van der Waals surface area (Å²) in [6, 6.07) is 7.52. The van der Waals surface area contributed by atoms with Crippen LogP contribution in [-0.2, 0) is 0 Å². The zero-order valence-corrected chi connectivity index (χ0v) is 19.2. The molecule has 0 saturated carbocycles. The Morgan fingerprint density at radius 3 is 2.48 bits per heavy atom. The lowest BCUT2D eigenvalue weighted by atomic mass is 9.98. The van der Waals surface area contributed by atoms with Gasteiger partial charge in [0.1, 0.15) is 17.3 Å². The summed E-state index contributed by atoms with van der Waals surface area (Å²) in [4.78, 5) is 19.2. The van der Waals surface area contributed by atoms with Gasteiger partial charge in [0.25, 0.3) is 0 Å². The van der Waals surface area contributed by atoms with Gasteiger partial charge in [-0.15, -0.1) is 0 Å². The molecule has 4 heterocycles. The highest BCUT2D eigenvalue weighted by molar-refractivity contribution is 6.24. The summed E-state index contributed by atoms with van der Waals surface area (Å²) >= 11 is 0. The van der Waals surface area contributed by atoms with Crippen molar-refractivity contribution in [3.05, 3.63) is 76.8 Å². The number of amidine groups is 1. The zero-order valence-electron chi connectivity index (χ0n) is 19.2. The van der Waals surface area contributed by atoms with Gasteiger partial charge in [-0.2, -0.15) is 0 Å². The Kier molecular flexibility index (Phi) is 5.78. The third kappa shape index (κ3) is 4.12. The number of aromatic nitrogens is 4. The number of rotatable bonds is 5. The van der Waals surface area contributed by atoms with Gasteiger partial charge in [-0.1, -0.05) is 0 Å². The number of aryl methyl sites for hydroxylation is 2. The van der Waals surface area contributed by atoms with E-state index in [1.54, 1.807) is 49.7 Å². The Labute approximate surface area is 192 Å². The number of allylic oxidation sites excluding steroid dienone is 1. The number of pyridine rings is 2. The molecule has 4 rings (SSSR count). The van der Waals surface area contributed by atoms with Gasteiger partial charge in [-0.3, -0.25) is 15.4 Å². The van der Waals surface area contributed by atoms with Crippen LogP contribution in [-0.4, -0.2) is 44.8 Å². The standard InChI is InChI=1S/C24H25N7O2/c1-13-8-9-27-24(30-13)33-16-6-7-18(29-11-16)21-20(15(3)25)23(26)31(4)22(21)17-12-28-14(2)10-19(17)32-5/h6-12,26H,25H2,1-5H3/b20-15+,26-23?. The summed E-state index contributed by atoms with van der Waals surface area (Å²) in [7, 11) is 3.43. The van der Waals surface area contributed by atoms with Crippen LogP contribution in [0.15, 0.2) is 54.1 Å². The first-order valence-electron chi connectivity index (χ1n) is 10.3. The maximum atomic E-state index is 8.70. The molecule has 3 aromatic rings. The highest BCUT2D eigenvalue weighted by Gasteiger charge is 2.35. The third-order valence-electron chi connectivity index (χ3n) is 5.24. The van der Waals surface area contributed by atoms with Gasteiger partial charge in [0.2, 0.25) is 0 Å². The van der Waals surface area contributed by atoms with Crippen molar-refractivity contribution in [2.24, 2.45) is 5.73 Å². The number of nitrogens with one attached hydrogen (secondary N) is 1. The van der Waals surface area contributed by atoms with Crippen LogP contribution in [0, 0.1) is 19.3 Å². The number of ether oxygens (including phenoxy) is 2. The molecular weight excluding hydrogens is 418 g/mol. The van der Waals surface area contributed by atoms with Gasteiger partial charge < -0.3 is 20.1 Å². The summed E-state index contributed by atoms with van der Waals surface area (Å²) < 4.78 is 11.4. The molecule has 0 atom stereocenters. The van der Waals surface area contributed by atoms with Crippen molar-refractivity contribution in [3.63, 3.8) is 0 Å². The van der Waals surface area contributed by atoms with Crippen molar-refractivity contribution < 1.29 is 9.47 Å². The average Bonchev–Trinajstić information content (AvgIpc) is 3.05. The molecule has 1 aliphatic rings. The predicted molar refractivity (Wildman–Crippen MR) is 126 cm³/mol. The van der Waals surface area contributed by atoms with Gasteiger partial charge in [-0.25, -0.2) is 9.97 Å². The Hall–Kier alpha value is -4.27. The maximum absolute atomic E-state index is 8.70. The van der Waals surface area contributed by atoms with Gasteiger partial charge in [0, 0.05) is 53.7 Å². The van der Waals surface area contributed by atoms with Crippen LogP contribution in [0.5, 0.6) is 17.5 Å². The molecule has 0 amide bonds. The zero-order chi connectivity index (χ0) is 23.7. The van der Waals surface area contributed by atoms with Crippen LogP contribution in [0.3, 0.4) is 0 Å². The smallest absolute Gasteiger partial charge is 0.322 e. The highest BCUT2D eigenvalue weighted by Crippen LogP contribution is 2.43. The lowest BCUT2D eigenvalue weighted by molar-refractivity contribution is 0.411. The van der Waals surface area contributed by atoms with E-state index in [9.17, 15) is 0 Å². The Morgan fingerprint density at radius 1 is 1.06 bits per heavy atom. The number of methoxy groups -OCH3 is 1. The number of nitrogens with zero attached hydrogens (tertiary/aromatic N) is 5. The van der Waals surface area contributed by atoms with E-state index in [4.69, 9.17) is 20.6 Å². The lowest BCUT2D eigenvalue weighted by Crippen LogP contribution is -2.21. The topological polar surface area (TPSA) is 123 Å². The molecular formula is C24H25N7O2. The Morgan fingerprint density at radius 2 is 1.85 bits per heavy atom. The fraction of sp³-hybridized carbons (Fsp3) is 0.208. The normalized spacial score (nSPS) is 15.2. The Balaban J connectivity index is 1.84. The molecule has 3 aromatic heterocycles. The number of likely N-dealkylation sites (N-methyl/N-ethyl adjacent to an activating group) is 1. The van der Waals surface area contributed by atoms with E-state index in [-0.39, 0.29) is 11.8 Å². The van der Waals surface area contributed by atoms with Crippen LogP contribution in [0.1, 0.15) is 29.6 Å². The first-order valence-corrected chi connectivity index (χ1v) is 10.3. The van der Waals surface area contributed by atoms with Gasteiger partial charge in [-0.05, 0) is 39.0 Å². The quantitative estimate of drug-likeness (QED) is 0.612. The van der Waals surface area contributed by atoms with Crippen LogP contribution < -0.4 is 15.2 Å². The second kappa shape index (κ2) is 8.70. The fourth-order valence-corrected chi connectivity index (χ4v) is 3.68. The fourth-order valence-electron chi connectivity index (χ4n) is 3.68. The SMILES string of the molecule is COc1cc(C)ncc1C1=C(c2ccc(Oc3nccc(C)n3)cn2)/C(=C(/C)N)C(=N)N1C. The molecule has 33 heavy (non-hydrogen) atoms. The maximum Gasteiger partial charge on any atom is 0.322 e. The van der Waals surface area contributed by atoms with Crippen molar-refractivity contribution in [1.82, 2.24) is 24.8 Å². The largest absolute Gasteiger partial charge is 0.496 e. The molecule has 0 aromatic carbocycles. The van der Waals surface area contributed by atoms with Crippen molar-refractivity contribution in [2.75, 3.05) is 14.2 Å². The predicted octanol–water partition coefficient (Wildman–Crippen LogP) is 3.71. The minimum Gasteiger partial charge on any atom is -0.496 e. The molecule has 0 saturated heterocycles. The van der Waals surface area contributed by atoms with Crippen molar-refractivity contribution in [3.8, 4) is 17.5 Å². The summed E-state index contributed by atoms with van der Waals surface area (Å²) in [6.07, 6.45) is 4.98. The van der Waals surface area contributed by atoms with Crippen LogP contribution in [0.2, 0.25) is 0 Å².